The number of nitrogens with zero attached hydrogens (tertiary/aromatic N) is 3. The van der Waals surface area contributed by atoms with Crippen LogP contribution >= 0.6 is 12.4 Å². The van der Waals surface area contributed by atoms with Crippen LogP contribution in [0.1, 0.15) is 40.7 Å². The first-order valence-corrected chi connectivity index (χ1v) is 12.2. The van der Waals surface area contributed by atoms with Crippen molar-refractivity contribution in [3.63, 3.8) is 0 Å². The number of nitrogens with one attached hydrogen (secondary N) is 1. The lowest BCUT2D eigenvalue weighted by atomic mass is 10.1. The smallest absolute Gasteiger partial charge is 0.307 e. The first kappa shape index (κ1) is 28.3. The molecule has 0 bridgehead atoms. The Morgan fingerprint density at radius 2 is 1.68 bits per heavy atom. The number of esters is 1. The summed E-state index contributed by atoms with van der Waals surface area (Å²) in [5.41, 5.74) is 9.17. The summed E-state index contributed by atoms with van der Waals surface area (Å²) in [6.45, 7) is 2.26. The monoisotopic (exact) mass is 531 g/mol. The van der Waals surface area contributed by atoms with Gasteiger partial charge in [-0.05, 0) is 43.2 Å². The van der Waals surface area contributed by atoms with E-state index < -0.39 is 0 Å². The van der Waals surface area contributed by atoms with Crippen molar-refractivity contribution in [3.05, 3.63) is 102 Å². The van der Waals surface area contributed by atoms with Crippen molar-refractivity contribution in [2.24, 2.45) is 5.73 Å². The molecule has 0 aliphatic rings. The molecular weight excluding hydrogens is 502 g/mol. The lowest BCUT2D eigenvalue weighted by Crippen LogP contribution is -2.33. The Bertz CT molecular complexity index is 1410. The standard InChI is InChI=1S/C29H29N5O3.ClH/c1-2-37-27(35)16-17-34(24-6-4-3-5-7-24)29(36)22-13-14-23-19-32-26(33-25(23)18-22)15-10-20-8-11-21(12-9-20)28(30)31;/h3-9,11-14,18-19H,2,10,15-17H2,1H3,(H3,30,31);1H. The number of fused-ring (bicyclic) bond motifs is 1. The van der Waals surface area contributed by atoms with Gasteiger partial charge in [-0.15, -0.1) is 12.4 Å². The van der Waals surface area contributed by atoms with Crippen LogP contribution in [0.4, 0.5) is 5.69 Å². The molecule has 0 unspecified atom stereocenters. The summed E-state index contributed by atoms with van der Waals surface area (Å²) in [6.07, 6.45) is 3.23. The molecule has 4 rings (SSSR count). The Balaban J connectivity index is 0.00000400. The molecule has 8 nitrogen and oxygen atoms in total. The number of benzene rings is 3. The molecule has 0 saturated heterocycles. The molecule has 1 heterocycles. The van der Waals surface area contributed by atoms with Gasteiger partial charge in [0.25, 0.3) is 5.91 Å². The number of amides is 1. The highest BCUT2D eigenvalue weighted by Gasteiger charge is 2.20. The summed E-state index contributed by atoms with van der Waals surface area (Å²) in [5, 5.41) is 8.35. The van der Waals surface area contributed by atoms with Crippen molar-refractivity contribution in [3.8, 4) is 0 Å². The number of nitrogens with two attached hydrogens (primary N) is 1. The van der Waals surface area contributed by atoms with Crippen molar-refractivity contribution >= 4 is 46.7 Å². The zero-order valence-corrected chi connectivity index (χ0v) is 21.9. The van der Waals surface area contributed by atoms with E-state index in [1.165, 1.54) is 0 Å². The molecule has 38 heavy (non-hydrogen) atoms. The van der Waals surface area contributed by atoms with Crippen molar-refractivity contribution in [2.45, 2.75) is 26.2 Å². The predicted molar refractivity (Wildman–Crippen MR) is 151 cm³/mol. The third-order valence-corrected chi connectivity index (χ3v) is 5.94. The van der Waals surface area contributed by atoms with Crippen molar-refractivity contribution < 1.29 is 14.3 Å². The summed E-state index contributed by atoms with van der Waals surface area (Å²) < 4.78 is 5.05. The second kappa shape index (κ2) is 13.3. The van der Waals surface area contributed by atoms with Crippen molar-refractivity contribution in [2.75, 3.05) is 18.1 Å². The molecule has 0 atom stereocenters. The normalized spacial score (nSPS) is 10.4. The highest BCUT2D eigenvalue weighted by Crippen LogP contribution is 2.21. The third kappa shape index (κ3) is 7.14. The van der Waals surface area contributed by atoms with Gasteiger partial charge >= 0.3 is 5.97 Å². The van der Waals surface area contributed by atoms with Crippen LogP contribution in [0.5, 0.6) is 0 Å². The maximum absolute atomic E-state index is 13.5. The summed E-state index contributed by atoms with van der Waals surface area (Å²) >= 11 is 0. The van der Waals surface area contributed by atoms with Gasteiger partial charge in [-0.2, -0.15) is 0 Å². The van der Waals surface area contributed by atoms with Gasteiger partial charge in [-0.3, -0.25) is 15.0 Å². The largest absolute Gasteiger partial charge is 0.466 e. The van der Waals surface area contributed by atoms with Crippen LogP contribution in [0.2, 0.25) is 0 Å². The van der Waals surface area contributed by atoms with Crippen molar-refractivity contribution in [1.29, 1.82) is 5.41 Å². The number of aromatic nitrogens is 2. The van der Waals surface area contributed by atoms with Crippen LogP contribution in [0.3, 0.4) is 0 Å². The van der Waals surface area contributed by atoms with Crippen LogP contribution in [0, 0.1) is 5.41 Å². The second-order valence-electron chi connectivity index (χ2n) is 8.52. The molecule has 1 aromatic heterocycles. The Hall–Kier alpha value is -4.30. The van der Waals surface area contributed by atoms with Crippen LogP contribution in [-0.2, 0) is 22.4 Å². The summed E-state index contributed by atoms with van der Waals surface area (Å²) in [6, 6.07) is 22.2. The fourth-order valence-corrected chi connectivity index (χ4v) is 3.97. The number of hydrogen-bond acceptors (Lipinski definition) is 6. The summed E-state index contributed by atoms with van der Waals surface area (Å²) in [7, 11) is 0. The Morgan fingerprint density at radius 1 is 0.974 bits per heavy atom. The maximum atomic E-state index is 13.5. The molecule has 3 aromatic carbocycles. The quantitative estimate of drug-likeness (QED) is 0.173. The first-order chi connectivity index (χ1) is 17.9. The van der Waals surface area contributed by atoms with E-state index in [0.29, 0.717) is 41.2 Å². The third-order valence-electron chi connectivity index (χ3n) is 5.94. The molecule has 1 amide bonds. The summed E-state index contributed by atoms with van der Waals surface area (Å²) in [4.78, 5) is 36.3. The van der Waals surface area contributed by atoms with E-state index in [2.05, 4.69) is 4.98 Å². The van der Waals surface area contributed by atoms with Crippen LogP contribution in [0.15, 0.2) is 79.0 Å². The lowest BCUT2D eigenvalue weighted by Gasteiger charge is -2.22. The second-order valence-corrected chi connectivity index (χ2v) is 8.52. The zero-order valence-electron chi connectivity index (χ0n) is 21.1. The van der Waals surface area contributed by atoms with Crippen LogP contribution in [0.25, 0.3) is 10.9 Å². The van der Waals surface area contributed by atoms with E-state index in [1.54, 1.807) is 30.2 Å². The number of para-hydroxylation sites is 1. The number of rotatable bonds is 10. The number of nitrogen functional groups attached to an aromatic ring is 1. The van der Waals surface area contributed by atoms with Gasteiger partial charge in [-0.1, -0.05) is 48.5 Å². The highest BCUT2D eigenvalue weighted by molar-refractivity contribution is 6.07. The average Bonchev–Trinajstić information content (AvgIpc) is 2.92. The van der Waals surface area contributed by atoms with Crippen LogP contribution in [-0.4, -0.2) is 40.8 Å². The van der Waals surface area contributed by atoms with Gasteiger partial charge < -0.3 is 15.4 Å². The Morgan fingerprint density at radius 3 is 2.37 bits per heavy atom. The topological polar surface area (TPSA) is 122 Å². The van der Waals surface area contributed by atoms with E-state index in [1.807, 2.05) is 60.7 Å². The minimum Gasteiger partial charge on any atom is -0.466 e. The summed E-state index contributed by atoms with van der Waals surface area (Å²) in [5.74, 6) is 0.155. The van der Waals surface area contributed by atoms with Gasteiger partial charge in [0.15, 0.2) is 0 Å². The molecule has 0 spiro atoms. The molecule has 0 fully saturated rings. The number of carbonyl (C=O) groups excluding carboxylic acids is 2. The fourth-order valence-electron chi connectivity index (χ4n) is 3.97. The first-order valence-electron chi connectivity index (χ1n) is 12.2. The van der Waals surface area contributed by atoms with E-state index in [-0.39, 0.29) is 43.1 Å². The molecule has 0 aliphatic carbocycles. The van der Waals surface area contributed by atoms with Crippen LogP contribution < -0.4 is 10.6 Å². The van der Waals surface area contributed by atoms with Gasteiger partial charge in [0.1, 0.15) is 11.7 Å². The average molecular weight is 532 g/mol. The van der Waals surface area contributed by atoms with Gasteiger partial charge in [-0.25, -0.2) is 9.97 Å². The zero-order chi connectivity index (χ0) is 26.2. The predicted octanol–water partition coefficient (Wildman–Crippen LogP) is 4.72. The minimum atomic E-state index is -0.344. The Kier molecular flexibility index (Phi) is 9.90. The van der Waals surface area contributed by atoms with Gasteiger partial charge in [0.05, 0.1) is 18.5 Å². The molecular formula is C29H30ClN5O3. The molecule has 4 aromatic rings. The highest BCUT2D eigenvalue weighted by atomic mass is 35.5. The lowest BCUT2D eigenvalue weighted by molar-refractivity contribution is -0.142. The number of carbonyl (C=O) groups is 2. The number of anilines is 1. The van der Waals surface area contributed by atoms with E-state index in [9.17, 15) is 9.59 Å². The SMILES string of the molecule is CCOC(=O)CCN(C(=O)c1ccc2cnc(CCc3ccc(C(=N)N)cc3)nc2c1)c1ccccc1.Cl. The van der Waals surface area contributed by atoms with Gasteiger partial charge in [0.2, 0.25) is 0 Å². The van der Waals surface area contributed by atoms with Gasteiger partial charge in [0, 0.05) is 41.4 Å². The molecule has 3 N–H and O–H groups in total. The number of ether oxygens (including phenoxy) is 1. The van der Waals surface area contributed by atoms with E-state index in [4.69, 9.17) is 20.9 Å². The fraction of sp³-hybridized carbons (Fsp3) is 0.207. The molecule has 0 radical (unpaired) electrons. The maximum Gasteiger partial charge on any atom is 0.307 e. The molecule has 196 valence electrons. The number of halogens is 1. The Labute approximate surface area is 227 Å². The molecule has 0 aliphatic heterocycles. The van der Waals surface area contributed by atoms with E-state index >= 15 is 0 Å². The minimum absolute atomic E-state index is 0. The number of hydrogen-bond donors (Lipinski definition) is 2. The molecule has 9 heteroatoms. The molecule has 0 saturated carbocycles. The number of amidine groups is 1. The van der Waals surface area contributed by atoms with E-state index in [0.717, 1.165) is 17.4 Å². The number of aryl methyl sites for hydroxylation is 2. The van der Waals surface area contributed by atoms with Crippen molar-refractivity contribution in [1.82, 2.24) is 9.97 Å².